The third-order valence-electron chi connectivity index (χ3n) is 5.69. The highest BCUT2D eigenvalue weighted by molar-refractivity contribution is 5.63. The fraction of sp³-hybridized carbons (Fsp3) is 0.360. The summed E-state index contributed by atoms with van der Waals surface area (Å²) in [6.45, 7) is 8.57. The predicted molar refractivity (Wildman–Crippen MR) is 130 cm³/mol. The van der Waals surface area contributed by atoms with Crippen LogP contribution < -0.4 is 15.5 Å². The minimum Gasteiger partial charge on any atom is -0.369 e. The monoisotopic (exact) mass is 416 g/mol. The lowest BCUT2D eigenvalue weighted by molar-refractivity contribution is 0.313. The second kappa shape index (κ2) is 9.79. The van der Waals surface area contributed by atoms with Crippen LogP contribution in [0.3, 0.4) is 0 Å². The van der Waals surface area contributed by atoms with Crippen molar-refractivity contribution >= 4 is 28.8 Å². The SMILES string of the molecule is CCCc1cccc(Nc2nc(Nc3ccc(N4CCN(C)CC4)cc3)ncc2C)c1. The normalized spacial score (nSPS) is 14.5. The van der Waals surface area contributed by atoms with Gasteiger partial charge in [-0.15, -0.1) is 0 Å². The third-order valence-corrected chi connectivity index (χ3v) is 5.69. The van der Waals surface area contributed by atoms with E-state index in [0.717, 1.165) is 61.8 Å². The van der Waals surface area contributed by atoms with Crippen LogP contribution in [0.1, 0.15) is 24.5 Å². The molecule has 1 aliphatic rings. The molecule has 2 N–H and O–H groups in total. The Hall–Kier alpha value is -3.12. The molecule has 6 nitrogen and oxygen atoms in total. The molecule has 0 spiro atoms. The topological polar surface area (TPSA) is 56.3 Å². The minimum atomic E-state index is 0.588. The van der Waals surface area contributed by atoms with Crippen molar-refractivity contribution in [1.82, 2.24) is 14.9 Å². The molecule has 1 fully saturated rings. The van der Waals surface area contributed by atoms with E-state index in [1.54, 1.807) is 0 Å². The molecule has 0 aliphatic carbocycles. The summed E-state index contributed by atoms with van der Waals surface area (Å²) in [5.74, 6) is 1.41. The number of anilines is 5. The Bertz CT molecular complexity index is 993. The Labute approximate surface area is 185 Å². The van der Waals surface area contributed by atoms with Crippen molar-refractivity contribution in [3.05, 3.63) is 65.9 Å². The van der Waals surface area contributed by atoms with Crippen molar-refractivity contribution < 1.29 is 0 Å². The summed E-state index contributed by atoms with van der Waals surface area (Å²) in [5, 5.41) is 6.79. The van der Waals surface area contributed by atoms with Gasteiger partial charge in [0.25, 0.3) is 0 Å². The molecule has 0 amide bonds. The van der Waals surface area contributed by atoms with Crippen LogP contribution in [0.4, 0.5) is 28.8 Å². The molecule has 31 heavy (non-hydrogen) atoms. The lowest BCUT2D eigenvalue weighted by atomic mass is 10.1. The van der Waals surface area contributed by atoms with Crippen molar-refractivity contribution in [2.75, 3.05) is 48.8 Å². The molecule has 162 valence electrons. The Balaban J connectivity index is 1.44. The largest absolute Gasteiger partial charge is 0.369 e. The van der Waals surface area contributed by atoms with Crippen LogP contribution in [0.15, 0.2) is 54.7 Å². The van der Waals surface area contributed by atoms with Gasteiger partial charge >= 0.3 is 0 Å². The number of likely N-dealkylation sites (N-methyl/N-ethyl adjacent to an activating group) is 1. The van der Waals surface area contributed by atoms with Crippen LogP contribution in [-0.2, 0) is 6.42 Å². The first kappa shape index (κ1) is 21.1. The molecule has 1 aliphatic heterocycles. The second-order valence-electron chi connectivity index (χ2n) is 8.26. The van der Waals surface area contributed by atoms with Gasteiger partial charge in [0, 0.05) is 55.0 Å². The first-order chi connectivity index (χ1) is 15.1. The number of piperazine rings is 1. The van der Waals surface area contributed by atoms with Crippen LogP contribution in [0.5, 0.6) is 0 Å². The van der Waals surface area contributed by atoms with E-state index in [1.807, 2.05) is 13.1 Å². The minimum absolute atomic E-state index is 0.588. The molecule has 6 heteroatoms. The molecule has 0 saturated carbocycles. The predicted octanol–water partition coefficient (Wildman–Crippen LogP) is 4.98. The highest BCUT2D eigenvalue weighted by Gasteiger charge is 2.14. The van der Waals surface area contributed by atoms with E-state index in [0.29, 0.717) is 5.95 Å². The molecule has 0 atom stereocenters. The lowest BCUT2D eigenvalue weighted by Crippen LogP contribution is -2.44. The lowest BCUT2D eigenvalue weighted by Gasteiger charge is -2.34. The Kier molecular flexibility index (Phi) is 6.67. The molecule has 3 aromatic rings. The molecule has 0 unspecified atom stereocenters. The first-order valence-electron chi connectivity index (χ1n) is 11.1. The number of rotatable bonds is 7. The van der Waals surface area contributed by atoms with Crippen molar-refractivity contribution in [3.63, 3.8) is 0 Å². The molecular weight excluding hydrogens is 384 g/mol. The summed E-state index contributed by atoms with van der Waals surface area (Å²) in [6.07, 6.45) is 4.07. The van der Waals surface area contributed by atoms with Gasteiger partial charge in [-0.1, -0.05) is 25.5 Å². The van der Waals surface area contributed by atoms with Crippen molar-refractivity contribution in [2.24, 2.45) is 0 Å². The van der Waals surface area contributed by atoms with Crippen LogP contribution in [0, 0.1) is 6.92 Å². The second-order valence-corrected chi connectivity index (χ2v) is 8.26. The van der Waals surface area contributed by atoms with E-state index in [-0.39, 0.29) is 0 Å². The molecule has 2 aromatic carbocycles. The van der Waals surface area contributed by atoms with E-state index in [4.69, 9.17) is 4.98 Å². The average molecular weight is 417 g/mol. The molecule has 2 heterocycles. The molecule has 0 radical (unpaired) electrons. The van der Waals surface area contributed by atoms with Crippen LogP contribution in [0.2, 0.25) is 0 Å². The molecule has 1 aromatic heterocycles. The maximum atomic E-state index is 4.71. The van der Waals surface area contributed by atoms with Crippen molar-refractivity contribution in [2.45, 2.75) is 26.7 Å². The fourth-order valence-electron chi connectivity index (χ4n) is 3.81. The van der Waals surface area contributed by atoms with Crippen molar-refractivity contribution in [1.29, 1.82) is 0 Å². The summed E-state index contributed by atoms with van der Waals surface area (Å²) in [4.78, 5) is 14.0. The number of aryl methyl sites for hydroxylation is 2. The smallest absolute Gasteiger partial charge is 0.229 e. The summed E-state index contributed by atoms with van der Waals surface area (Å²) >= 11 is 0. The average Bonchev–Trinajstić information content (AvgIpc) is 2.78. The van der Waals surface area contributed by atoms with Gasteiger partial charge in [0.1, 0.15) is 5.82 Å². The van der Waals surface area contributed by atoms with E-state index in [9.17, 15) is 0 Å². The molecule has 4 rings (SSSR count). The standard InChI is InChI=1S/C25H32N6/c1-4-6-20-7-5-8-22(17-20)27-24-19(2)18-26-25(29-24)28-21-9-11-23(12-10-21)31-15-13-30(3)14-16-31/h5,7-12,17-18H,4,6,13-16H2,1-3H3,(H2,26,27,28,29). The number of hydrogen-bond donors (Lipinski definition) is 2. The number of benzene rings is 2. The summed E-state index contributed by atoms with van der Waals surface area (Å²) in [6, 6.07) is 17.0. The highest BCUT2D eigenvalue weighted by Crippen LogP contribution is 2.24. The van der Waals surface area contributed by atoms with Crippen LogP contribution in [-0.4, -0.2) is 48.1 Å². The van der Waals surface area contributed by atoms with E-state index in [1.165, 1.54) is 11.3 Å². The fourth-order valence-corrected chi connectivity index (χ4v) is 3.81. The zero-order valence-corrected chi connectivity index (χ0v) is 18.7. The molecule has 0 bridgehead atoms. The zero-order valence-electron chi connectivity index (χ0n) is 18.7. The third kappa shape index (κ3) is 5.52. The van der Waals surface area contributed by atoms with Crippen LogP contribution in [0.25, 0.3) is 0 Å². The molecule has 1 saturated heterocycles. The first-order valence-corrected chi connectivity index (χ1v) is 11.1. The Morgan fingerprint density at radius 2 is 1.71 bits per heavy atom. The number of hydrogen-bond acceptors (Lipinski definition) is 6. The number of aromatic nitrogens is 2. The quantitative estimate of drug-likeness (QED) is 0.567. The van der Waals surface area contributed by atoms with Gasteiger partial charge in [0.15, 0.2) is 0 Å². The van der Waals surface area contributed by atoms with E-state index >= 15 is 0 Å². The van der Waals surface area contributed by atoms with E-state index < -0.39 is 0 Å². The van der Waals surface area contributed by atoms with Gasteiger partial charge in [-0.05, 0) is 62.4 Å². The molecular formula is C25H32N6. The maximum Gasteiger partial charge on any atom is 0.229 e. The van der Waals surface area contributed by atoms with Gasteiger partial charge in [0.05, 0.1) is 0 Å². The summed E-state index contributed by atoms with van der Waals surface area (Å²) < 4.78 is 0. The van der Waals surface area contributed by atoms with Crippen molar-refractivity contribution in [3.8, 4) is 0 Å². The van der Waals surface area contributed by atoms with Gasteiger partial charge < -0.3 is 20.4 Å². The number of nitrogens with zero attached hydrogens (tertiary/aromatic N) is 4. The maximum absolute atomic E-state index is 4.71. The number of nitrogens with one attached hydrogen (secondary N) is 2. The zero-order chi connectivity index (χ0) is 21.6. The Morgan fingerprint density at radius 3 is 2.45 bits per heavy atom. The van der Waals surface area contributed by atoms with Gasteiger partial charge in [-0.2, -0.15) is 4.98 Å². The van der Waals surface area contributed by atoms with Gasteiger partial charge in [-0.25, -0.2) is 4.98 Å². The highest BCUT2D eigenvalue weighted by atomic mass is 15.2. The van der Waals surface area contributed by atoms with Gasteiger partial charge in [0.2, 0.25) is 5.95 Å². The van der Waals surface area contributed by atoms with Crippen LogP contribution >= 0.6 is 0 Å². The Morgan fingerprint density at radius 1 is 0.935 bits per heavy atom. The summed E-state index contributed by atoms with van der Waals surface area (Å²) in [7, 11) is 2.18. The summed E-state index contributed by atoms with van der Waals surface area (Å²) in [5.41, 5.74) is 5.64. The van der Waals surface area contributed by atoms with Gasteiger partial charge in [-0.3, -0.25) is 0 Å². The van der Waals surface area contributed by atoms with E-state index in [2.05, 4.69) is 87.9 Å².